The number of hydrogen-bond donors (Lipinski definition) is 0. The fourth-order valence-corrected chi connectivity index (χ4v) is 5.80. The van der Waals surface area contributed by atoms with Crippen LogP contribution in [0.4, 0.5) is 0 Å². The van der Waals surface area contributed by atoms with Crippen molar-refractivity contribution in [3.63, 3.8) is 0 Å². The normalized spacial score (nSPS) is 15.1. The lowest BCUT2D eigenvalue weighted by Crippen LogP contribution is -2.50. The predicted octanol–water partition coefficient (Wildman–Crippen LogP) is 3.56. The Morgan fingerprint density at radius 2 is 1.61 bits per heavy atom. The van der Waals surface area contributed by atoms with Crippen molar-refractivity contribution in [2.45, 2.75) is 11.8 Å². The van der Waals surface area contributed by atoms with Gasteiger partial charge in [0, 0.05) is 32.8 Å². The van der Waals surface area contributed by atoms with Crippen molar-refractivity contribution in [3.8, 4) is 5.75 Å². The molecule has 2 aromatic rings. The van der Waals surface area contributed by atoms with E-state index in [0.717, 1.165) is 0 Å². The Hall–Kier alpha value is -1.84. The quantitative estimate of drug-likeness (QED) is 0.533. The Kier molecular flexibility index (Phi) is 8.18. The molecule has 3 rings (SSSR count). The van der Waals surface area contributed by atoms with Gasteiger partial charge in [0.05, 0.1) is 22.2 Å². The molecule has 2 aromatic carbocycles. The Balaban J connectivity index is 1.68. The zero-order chi connectivity index (χ0) is 22.4. The van der Waals surface area contributed by atoms with E-state index in [1.807, 2.05) is 6.92 Å². The summed E-state index contributed by atoms with van der Waals surface area (Å²) in [6.45, 7) is 4.03. The second kappa shape index (κ2) is 10.7. The molecule has 0 aliphatic carbocycles. The van der Waals surface area contributed by atoms with Crippen molar-refractivity contribution in [2.75, 3.05) is 46.0 Å². The van der Waals surface area contributed by atoms with Crippen LogP contribution in [0, 0.1) is 0 Å². The molecule has 0 bridgehead atoms. The van der Waals surface area contributed by atoms with Crippen molar-refractivity contribution in [3.05, 3.63) is 58.1 Å². The van der Waals surface area contributed by atoms with Gasteiger partial charge >= 0.3 is 0 Å². The Bertz CT molecular complexity index is 1000. The molecule has 7 nitrogen and oxygen atoms in total. The molecule has 31 heavy (non-hydrogen) atoms. The van der Waals surface area contributed by atoms with Gasteiger partial charge in [0.1, 0.15) is 17.3 Å². The summed E-state index contributed by atoms with van der Waals surface area (Å²) in [7, 11) is -3.87. The zero-order valence-electron chi connectivity index (χ0n) is 17.1. The number of para-hydroxylation sites is 1. The molecule has 1 saturated heterocycles. The third-order valence-corrected chi connectivity index (χ3v) is 7.70. The van der Waals surface area contributed by atoms with Crippen LogP contribution in [0.3, 0.4) is 0 Å². The molecule has 1 aliphatic rings. The highest BCUT2D eigenvalue weighted by molar-refractivity contribution is 7.89. The highest BCUT2D eigenvalue weighted by Crippen LogP contribution is 2.32. The second-order valence-corrected chi connectivity index (χ2v) is 9.48. The van der Waals surface area contributed by atoms with Gasteiger partial charge in [-0.05, 0) is 31.2 Å². The van der Waals surface area contributed by atoms with Gasteiger partial charge in [-0.1, -0.05) is 41.4 Å². The fourth-order valence-electron chi connectivity index (χ4n) is 3.28. The molecule has 0 spiro atoms. The third kappa shape index (κ3) is 5.51. The molecule has 1 fully saturated rings. The first-order chi connectivity index (χ1) is 14.9. The smallest absolute Gasteiger partial charge is 0.257 e. The molecule has 0 unspecified atom stereocenters. The molecule has 0 radical (unpaired) electrons. The van der Waals surface area contributed by atoms with Crippen molar-refractivity contribution in [1.29, 1.82) is 0 Å². The van der Waals surface area contributed by atoms with Gasteiger partial charge in [0.15, 0.2) is 0 Å². The van der Waals surface area contributed by atoms with E-state index in [9.17, 15) is 13.2 Å². The molecule has 1 amide bonds. The molecule has 0 N–H and O–H groups in total. The van der Waals surface area contributed by atoms with E-state index in [0.29, 0.717) is 31.1 Å². The van der Waals surface area contributed by atoms with Crippen LogP contribution in [0.2, 0.25) is 10.0 Å². The maximum atomic E-state index is 13.0. The maximum Gasteiger partial charge on any atom is 0.257 e. The highest BCUT2D eigenvalue weighted by atomic mass is 35.5. The van der Waals surface area contributed by atoms with Crippen LogP contribution < -0.4 is 4.74 Å². The number of piperazine rings is 1. The monoisotopic (exact) mass is 486 g/mol. The first-order valence-electron chi connectivity index (χ1n) is 9.89. The lowest BCUT2D eigenvalue weighted by atomic mass is 10.1. The van der Waals surface area contributed by atoms with Gasteiger partial charge in [-0.15, -0.1) is 0 Å². The molecule has 1 aliphatic heterocycles. The van der Waals surface area contributed by atoms with E-state index in [2.05, 4.69) is 0 Å². The summed E-state index contributed by atoms with van der Waals surface area (Å²) in [5, 5.41) is 0.147. The first-order valence-corrected chi connectivity index (χ1v) is 12.1. The van der Waals surface area contributed by atoms with E-state index in [1.54, 1.807) is 35.2 Å². The highest BCUT2D eigenvalue weighted by Gasteiger charge is 2.33. The number of benzene rings is 2. The molecule has 1 heterocycles. The van der Waals surface area contributed by atoms with Gasteiger partial charge in [-0.3, -0.25) is 4.79 Å². The van der Waals surface area contributed by atoms with Gasteiger partial charge in [-0.2, -0.15) is 4.31 Å². The number of amides is 1. The minimum atomic E-state index is -3.87. The van der Waals surface area contributed by atoms with Crippen LogP contribution in [0.1, 0.15) is 17.3 Å². The Morgan fingerprint density at radius 3 is 2.26 bits per heavy atom. The van der Waals surface area contributed by atoms with Crippen LogP contribution in [0.15, 0.2) is 47.4 Å². The van der Waals surface area contributed by atoms with Gasteiger partial charge < -0.3 is 14.4 Å². The minimum absolute atomic E-state index is 0.0733. The van der Waals surface area contributed by atoms with E-state index >= 15 is 0 Å². The summed E-state index contributed by atoms with van der Waals surface area (Å²) < 4.78 is 38.3. The standard InChI is InChI=1S/C21H24Cl2N2O5S/c1-2-29-14-15-30-19-9-4-3-6-16(19)21(26)24-10-12-25(13-11-24)31(27,28)20-17(22)7-5-8-18(20)23/h3-9H,2,10-15H2,1H3. The molecule has 0 atom stereocenters. The summed E-state index contributed by atoms with van der Waals surface area (Å²) in [6.07, 6.45) is 0. The van der Waals surface area contributed by atoms with Crippen LogP contribution in [-0.4, -0.2) is 69.5 Å². The lowest BCUT2D eigenvalue weighted by molar-refractivity contribution is 0.0688. The van der Waals surface area contributed by atoms with Gasteiger partial charge in [0.2, 0.25) is 10.0 Å². The number of halogens is 2. The topological polar surface area (TPSA) is 76.2 Å². The van der Waals surface area contributed by atoms with Crippen LogP contribution >= 0.6 is 23.2 Å². The van der Waals surface area contributed by atoms with Gasteiger partial charge in [-0.25, -0.2) is 8.42 Å². The average molecular weight is 487 g/mol. The summed E-state index contributed by atoms with van der Waals surface area (Å²) in [5.41, 5.74) is 0.435. The summed E-state index contributed by atoms with van der Waals surface area (Å²) >= 11 is 12.2. The van der Waals surface area contributed by atoms with Crippen LogP contribution in [0.25, 0.3) is 0 Å². The Morgan fingerprint density at radius 1 is 0.968 bits per heavy atom. The average Bonchev–Trinajstić information content (AvgIpc) is 2.76. The molecule has 0 saturated carbocycles. The SMILES string of the molecule is CCOCCOc1ccccc1C(=O)N1CCN(S(=O)(=O)c2c(Cl)cccc2Cl)CC1. The number of carbonyl (C=O) groups is 1. The van der Waals surface area contributed by atoms with Crippen molar-refractivity contribution in [1.82, 2.24) is 9.21 Å². The molecular formula is C21H24Cl2N2O5S. The van der Waals surface area contributed by atoms with E-state index in [4.69, 9.17) is 32.7 Å². The van der Waals surface area contributed by atoms with E-state index in [-0.39, 0.29) is 47.0 Å². The number of rotatable bonds is 8. The Labute approximate surface area is 192 Å². The number of carbonyl (C=O) groups excluding carboxylic acids is 1. The molecule has 10 heteroatoms. The van der Waals surface area contributed by atoms with E-state index < -0.39 is 10.0 Å². The largest absolute Gasteiger partial charge is 0.490 e. The predicted molar refractivity (Wildman–Crippen MR) is 120 cm³/mol. The van der Waals surface area contributed by atoms with Crippen molar-refractivity contribution in [2.24, 2.45) is 0 Å². The lowest BCUT2D eigenvalue weighted by Gasteiger charge is -2.34. The number of sulfonamides is 1. The van der Waals surface area contributed by atoms with Crippen LogP contribution in [-0.2, 0) is 14.8 Å². The van der Waals surface area contributed by atoms with E-state index in [1.165, 1.54) is 16.4 Å². The zero-order valence-corrected chi connectivity index (χ0v) is 19.4. The minimum Gasteiger partial charge on any atom is -0.490 e. The third-order valence-electron chi connectivity index (χ3n) is 4.85. The molecule has 0 aromatic heterocycles. The van der Waals surface area contributed by atoms with Gasteiger partial charge in [0.25, 0.3) is 5.91 Å². The summed E-state index contributed by atoms with van der Waals surface area (Å²) in [6, 6.07) is 11.6. The second-order valence-electron chi connectivity index (χ2n) is 6.79. The van der Waals surface area contributed by atoms with Crippen LogP contribution in [0.5, 0.6) is 5.75 Å². The van der Waals surface area contributed by atoms with Crippen molar-refractivity contribution >= 4 is 39.1 Å². The fraction of sp³-hybridized carbons (Fsp3) is 0.381. The summed E-state index contributed by atoms with van der Waals surface area (Å²) in [4.78, 5) is 14.6. The first kappa shape index (κ1) is 23.8. The molecule has 168 valence electrons. The van der Waals surface area contributed by atoms with Crippen molar-refractivity contribution < 1.29 is 22.7 Å². The number of ether oxygens (including phenoxy) is 2. The molecular weight excluding hydrogens is 463 g/mol. The number of nitrogens with zero attached hydrogens (tertiary/aromatic N) is 2. The maximum absolute atomic E-state index is 13.0. The number of hydrogen-bond acceptors (Lipinski definition) is 5. The summed E-state index contributed by atoms with van der Waals surface area (Å²) in [5.74, 6) is 0.268.